The number of carbonyl (C=O) groups excluding carboxylic acids is 1. The molecule has 1 aliphatic carbocycles. The number of hydrogen-bond acceptors (Lipinski definition) is 9. The smallest absolute Gasteiger partial charge is 0.337 e. The van der Waals surface area contributed by atoms with Gasteiger partial charge in [0.2, 0.25) is 0 Å². The molecule has 4 bridgehead atoms. The summed E-state index contributed by atoms with van der Waals surface area (Å²) in [6.07, 6.45) is -3.62. The Balaban J connectivity index is 1.70. The molecule has 5 fully saturated rings. The van der Waals surface area contributed by atoms with Crippen molar-refractivity contribution in [2.45, 2.75) is 81.1 Å². The summed E-state index contributed by atoms with van der Waals surface area (Å²) >= 11 is 0. The maximum Gasteiger partial charge on any atom is 0.337 e. The second-order valence-corrected chi connectivity index (χ2v) is 8.73. The molecule has 8 atom stereocenters. The Bertz CT molecular complexity index is 667. The van der Waals surface area contributed by atoms with Crippen molar-refractivity contribution < 1.29 is 38.0 Å². The fourth-order valence-corrected chi connectivity index (χ4v) is 5.35. The van der Waals surface area contributed by atoms with Crippen LogP contribution >= 0.6 is 0 Å². The third-order valence-corrected chi connectivity index (χ3v) is 6.24. The Labute approximate surface area is 151 Å². The van der Waals surface area contributed by atoms with Gasteiger partial charge in [-0.05, 0) is 27.7 Å². The highest BCUT2D eigenvalue weighted by atomic mass is 16.8. The molecule has 1 spiro atoms. The Morgan fingerprint density at radius 3 is 2.38 bits per heavy atom. The normalized spacial score (nSPS) is 55.8. The molecule has 0 radical (unpaired) electrons. The van der Waals surface area contributed by atoms with Gasteiger partial charge in [-0.2, -0.15) is 0 Å². The highest BCUT2D eigenvalue weighted by Gasteiger charge is 2.82. The predicted octanol–water partition coefficient (Wildman–Crippen LogP) is -0.348. The first kappa shape index (κ1) is 17.3. The van der Waals surface area contributed by atoms with Crippen LogP contribution in [0.5, 0.6) is 0 Å². The van der Waals surface area contributed by atoms with Crippen LogP contribution in [0.3, 0.4) is 0 Å². The van der Waals surface area contributed by atoms with Gasteiger partial charge in [-0.3, -0.25) is 0 Å². The van der Waals surface area contributed by atoms with Crippen LogP contribution in [0, 0.1) is 5.92 Å². The minimum absolute atomic E-state index is 0.187. The number of esters is 1. The van der Waals surface area contributed by atoms with E-state index in [1.165, 1.54) is 7.11 Å². The summed E-state index contributed by atoms with van der Waals surface area (Å²) in [6, 6.07) is 0. The SMILES string of the molecule is CO[C@H]1O[C@@H]2C(=O)OC3C1C2(N)C1OC(C)(C)OC1C31COC(C)(C)O1. The summed E-state index contributed by atoms with van der Waals surface area (Å²) in [5.41, 5.74) is 4.63. The molecule has 0 aromatic heterocycles. The third kappa shape index (κ3) is 1.87. The van der Waals surface area contributed by atoms with Gasteiger partial charge in [0.25, 0.3) is 0 Å². The Morgan fingerprint density at radius 2 is 1.77 bits per heavy atom. The van der Waals surface area contributed by atoms with E-state index in [-0.39, 0.29) is 6.61 Å². The number of nitrogens with two attached hydrogens (primary N) is 1. The van der Waals surface area contributed by atoms with E-state index in [2.05, 4.69) is 0 Å². The van der Waals surface area contributed by atoms with E-state index in [4.69, 9.17) is 38.9 Å². The van der Waals surface area contributed by atoms with Crippen molar-refractivity contribution in [1.82, 2.24) is 0 Å². The average molecular weight is 371 g/mol. The molecule has 0 aromatic rings. The van der Waals surface area contributed by atoms with Crippen molar-refractivity contribution in [2.24, 2.45) is 11.7 Å². The molecule has 9 nitrogen and oxygen atoms in total. The van der Waals surface area contributed by atoms with E-state index in [1.54, 1.807) is 0 Å². The molecule has 5 rings (SSSR count). The number of ether oxygens (including phenoxy) is 7. The molecular formula is C17H25NO8. The number of rotatable bonds is 1. The van der Waals surface area contributed by atoms with Gasteiger partial charge < -0.3 is 38.9 Å². The largest absolute Gasteiger partial charge is 0.457 e. The fraction of sp³-hybridized carbons (Fsp3) is 0.941. The summed E-state index contributed by atoms with van der Waals surface area (Å²) in [7, 11) is 1.52. The van der Waals surface area contributed by atoms with Crippen molar-refractivity contribution in [1.29, 1.82) is 0 Å². The monoisotopic (exact) mass is 371 g/mol. The van der Waals surface area contributed by atoms with E-state index >= 15 is 0 Å². The highest BCUT2D eigenvalue weighted by molar-refractivity contribution is 5.80. The molecule has 0 aromatic carbocycles. The zero-order chi connectivity index (χ0) is 18.7. The molecule has 4 heterocycles. The van der Waals surface area contributed by atoms with E-state index in [1.807, 2.05) is 27.7 Å². The van der Waals surface area contributed by atoms with Crippen molar-refractivity contribution in [3.05, 3.63) is 0 Å². The second-order valence-electron chi connectivity index (χ2n) is 8.73. The number of carbonyl (C=O) groups is 1. The lowest BCUT2D eigenvalue weighted by Gasteiger charge is -2.56. The molecular weight excluding hydrogens is 346 g/mol. The zero-order valence-electron chi connectivity index (χ0n) is 15.5. The lowest BCUT2D eigenvalue weighted by molar-refractivity contribution is -0.272. The second kappa shape index (κ2) is 4.78. The van der Waals surface area contributed by atoms with Gasteiger partial charge in [0.15, 0.2) is 29.6 Å². The highest BCUT2D eigenvalue weighted by Crippen LogP contribution is 2.60. The van der Waals surface area contributed by atoms with Crippen molar-refractivity contribution in [2.75, 3.05) is 13.7 Å². The van der Waals surface area contributed by atoms with Gasteiger partial charge >= 0.3 is 5.97 Å². The fourth-order valence-electron chi connectivity index (χ4n) is 5.35. The quantitative estimate of drug-likeness (QED) is 0.619. The maximum atomic E-state index is 12.7. The summed E-state index contributed by atoms with van der Waals surface area (Å²) in [4.78, 5) is 12.7. The molecule has 2 N–H and O–H groups in total. The summed E-state index contributed by atoms with van der Waals surface area (Å²) in [6.45, 7) is 7.44. The standard InChI is InChI=1S/C17H25NO8/c1-14(2)21-6-16(26-14)8-7-13(20-5)23-11(12(19)22-8)17(7,18)10-9(16)24-15(3,4)25-10/h7-11,13H,6,18H2,1-5H3/t7?,8?,9?,10?,11-,13+,16?,17?/m1/s1. The minimum Gasteiger partial charge on any atom is -0.457 e. The topological polar surface area (TPSA) is 108 Å². The van der Waals surface area contributed by atoms with Gasteiger partial charge in [0.05, 0.1) is 18.1 Å². The van der Waals surface area contributed by atoms with Crippen LogP contribution in [0.25, 0.3) is 0 Å². The van der Waals surface area contributed by atoms with Crippen LogP contribution in [-0.4, -0.2) is 73.1 Å². The van der Waals surface area contributed by atoms with Crippen LogP contribution in [0.15, 0.2) is 0 Å². The van der Waals surface area contributed by atoms with E-state index in [9.17, 15) is 4.79 Å². The Morgan fingerprint density at radius 1 is 1.08 bits per heavy atom. The molecule has 9 heteroatoms. The summed E-state index contributed by atoms with van der Waals surface area (Å²) < 4.78 is 41.7. The molecule has 5 aliphatic rings. The maximum absolute atomic E-state index is 12.7. The molecule has 4 saturated heterocycles. The van der Waals surface area contributed by atoms with Crippen LogP contribution in [0.1, 0.15) is 27.7 Å². The molecule has 4 aliphatic heterocycles. The first-order valence-corrected chi connectivity index (χ1v) is 8.91. The molecule has 6 unspecified atom stereocenters. The minimum atomic E-state index is -1.14. The molecule has 26 heavy (non-hydrogen) atoms. The van der Waals surface area contributed by atoms with E-state index < -0.39 is 65.3 Å². The molecule has 0 amide bonds. The average Bonchev–Trinajstić information content (AvgIpc) is 3.10. The third-order valence-electron chi connectivity index (χ3n) is 6.24. The number of methoxy groups -OCH3 is 1. The first-order chi connectivity index (χ1) is 12.0. The lowest BCUT2D eigenvalue weighted by atomic mass is 9.60. The van der Waals surface area contributed by atoms with Crippen molar-refractivity contribution in [3.63, 3.8) is 0 Å². The zero-order valence-corrected chi connectivity index (χ0v) is 15.5. The number of hydrogen-bond donors (Lipinski definition) is 1. The Kier molecular flexibility index (Phi) is 3.18. The Hall–Kier alpha value is -0.810. The lowest BCUT2D eigenvalue weighted by Crippen LogP contribution is -2.82. The summed E-state index contributed by atoms with van der Waals surface area (Å²) in [5.74, 6) is -2.76. The van der Waals surface area contributed by atoms with E-state index in [0.717, 1.165) is 0 Å². The van der Waals surface area contributed by atoms with Crippen LogP contribution < -0.4 is 5.73 Å². The van der Waals surface area contributed by atoms with Crippen LogP contribution in [0.4, 0.5) is 0 Å². The van der Waals surface area contributed by atoms with Crippen LogP contribution in [0.2, 0.25) is 0 Å². The number of fused-ring (bicyclic) bond motifs is 3. The van der Waals surface area contributed by atoms with E-state index in [0.29, 0.717) is 0 Å². The molecule has 146 valence electrons. The van der Waals surface area contributed by atoms with Gasteiger partial charge in [0, 0.05) is 7.11 Å². The van der Waals surface area contributed by atoms with Gasteiger partial charge in [-0.1, -0.05) is 0 Å². The predicted molar refractivity (Wildman–Crippen MR) is 83.6 cm³/mol. The van der Waals surface area contributed by atoms with Crippen molar-refractivity contribution in [3.8, 4) is 0 Å². The van der Waals surface area contributed by atoms with Gasteiger partial charge in [0.1, 0.15) is 18.3 Å². The first-order valence-electron chi connectivity index (χ1n) is 8.91. The summed E-state index contributed by atoms with van der Waals surface area (Å²) in [5, 5.41) is 0. The van der Waals surface area contributed by atoms with Gasteiger partial charge in [-0.15, -0.1) is 0 Å². The van der Waals surface area contributed by atoms with Gasteiger partial charge in [-0.25, -0.2) is 4.79 Å². The van der Waals surface area contributed by atoms with Crippen LogP contribution in [-0.2, 0) is 38.0 Å². The van der Waals surface area contributed by atoms with Crippen molar-refractivity contribution >= 4 is 5.97 Å². The molecule has 1 saturated carbocycles.